The fraction of sp³-hybridized carbons (Fsp3) is 0.159. The van der Waals surface area contributed by atoms with Crippen LogP contribution in [-0.4, -0.2) is 12.8 Å². The molecule has 1 unspecified atom stereocenters. The number of para-hydroxylation sites is 2. The summed E-state index contributed by atoms with van der Waals surface area (Å²) in [6, 6.07) is 72.9. The van der Waals surface area contributed by atoms with Gasteiger partial charge in [-0.3, -0.25) is 0 Å². The summed E-state index contributed by atoms with van der Waals surface area (Å²) < 4.78 is 6.25. The first-order chi connectivity index (χ1) is 35.9. The van der Waals surface area contributed by atoms with Gasteiger partial charge < -0.3 is 19.1 Å². The highest BCUT2D eigenvalue weighted by Gasteiger charge is 2.45. The smallest absolute Gasteiger partial charge is 0.252 e. The monoisotopic (exact) mass is 957 g/mol. The first-order valence-electron chi connectivity index (χ1n) is 26.3. The molecule has 10 aromatic rings. The fourth-order valence-corrected chi connectivity index (χ4v) is 11.9. The molecule has 0 spiro atoms. The Morgan fingerprint density at radius 1 is 0.486 bits per heavy atom. The molecule has 4 nitrogen and oxygen atoms in total. The second kappa shape index (κ2) is 17.5. The second-order valence-corrected chi connectivity index (χ2v) is 22.6. The number of furan rings is 1. The predicted molar refractivity (Wildman–Crippen MR) is 316 cm³/mol. The lowest BCUT2D eigenvalue weighted by molar-refractivity contribution is 0.590. The Morgan fingerprint density at radius 2 is 1.15 bits per heavy atom. The first-order valence-corrected chi connectivity index (χ1v) is 26.3. The van der Waals surface area contributed by atoms with Crippen molar-refractivity contribution in [2.45, 2.75) is 71.8 Å². The molecule has 1 aromatic heterocycles. The van der Waals surface area contributed by atoms with Crippen LogP contribution in [-0.2, 0) is 10.8 Å². The lowest BCUT2D eigenvalue weighted by Gasteiger charge is -2.45. The number of nitrogens with zero attached hydrogens (tertiary/aromatic N) is 3. The van der Waals surface area contributed by atoms with Crippen molar-refractivity contribution in [1.82, 2.24) is 0 Å². The summed E-state index contributed by atoms with van der Waals surface area (Å²) in [5.74, 6) is 0. The minimum atomic E-state index is -0.0671. The number of aryl methyl sites for hydroxylation is 1. The highest BCUT2D eigenvalue weighted by molar-refractivity contribution is 7.00. The van der Waals surface area contributed by atoms with Crippen molar-refractivity contribution >= 4 is 90.5 Å². The molecule has 13 rings (SSSR count). The van der Waals surface area contributed by atoms with Gasteiger partial charge in [0.05, 0.1) is 11.7 Å². The number of anilines is 8. The second-order valence-electron chi connectivity index (χ2n) is 22.6. The van der Waals surface area contributed by atoms with Gasteiger partial charge in [-0.1, -0.05) is 175 Å². The summed E-state index contributed by atoms with van der Waals surface area (Å²) in [6.07, 6.45) is 9.91. The van der Waals surface area contributed by atoms with Crippen molar-refractivity contribution in [2.75, 3.05) is 14.7 Å². The van der Waals surface area contributed by atoms with Crippen LogP contribution >= 0.6 is 0 Å². The number of fused-ring (bicyclic) bond motifs is 7. The van der Waals surface area contributed by atoms with E-state index in [1.165, 1.54) is 78.3 Å². The van der Waals surface area contributed by atoms with Gasteiger partial charge in [-0.2, -0.15) is 0 Å². The van der Waals surface area contributed by atoms with Gasteiger partial charge in [0.2, 0.25) is 0 Å². The molecule has 5 heteroatoms. The Morgan fingerprint density at radius 3 is 1.88 bits per heavy atom. The van der Waals surface area contributed by atoms with Gasteiger partial charge in [-0.15, -0.1) is 0 Å². The molecule has 0 N–H and O–H groups in total. The standard InChI is InChI=1S/C69H60BN3O/c1-45-39-63-67-64(40-45)73(60-36-30-49(68(2,3)4)42-56(60)47-19-11-8-12-20-47)61-37-31-50(69(5,6)7)43-59(61)70(67)58-35-34-54(71(51-21-13-9-14-22-51)52-23-15-10-16-24-52)44-62(58)72(63)53-32-27-46(28-33-53)48-29-38-66-57(41-48)55-25-17-18-26-65(55)74-66/h8-23,25-44,52H,24H2,1-7H3. The van der Waals surface area contributed by atoms with Gasteiger partial charge in [0.1, 0.15) is 11.2 Å². The minimum Gasteiger partial charge on any atom is -0.456 e. The summed E-state index contributed by atoms with van der Waals surface area (Å²) in [5, 5.41) is 2.27. The zero-order valence-electron chi connectivity index (χ0n) is 43.4. The third kappa shape index (κ3) is 7.68. The maximum absolute atomic E-state index is 6.25. The van der Waals surface area contributed by atoms with Crippen molar-refractivity contribution in [3.8, 4) is 22.3 Å². The molecule has 3 heterocycles. The van der Waals surface area contributed by atoms with E-state index in [9.17, 15) is 0 Å². The first kappa shape index (κ1) is 45.6. The lowest BCUT2D eigenvalue weighted by atomic mass is 9.33. The minimum absolute atomic E-state index is 0.0316. The molecular weight excluding hydrogens is 898 g/mol. The van der Waals surface area contributed by atoms with E-state index in [1.54, 1.807) is 0 Å². The average Bonchev–Trinajstić information content (AvgIpc) is 3.84. The molecular formula is C69H60BN3O. The Hall–Kier alpha value is -8.28. The van der Waals surface area contributed by atoms with Gasteiger partial charge in [0, 0.05) is 56.1 Å². The van der Waals surface area contributed by atoms with Crippen molar-refractivity contribution in [2.24, 2.45) is 0 Å². The van der Waals surface area contributed by atoms with Crippen LogP contribution in [0.1, 0.15) is 64.7 Å². The topological polar surface area (TPSA) is 22.9 Å². The molecule has 0 saturated carbocycles. The van der Waals surface area contributed by atoms with Crippen LogP contribution < -0.4 is 31.1 Å². The predicted octanol–water partition coefficient (Wildman–Crippen LogP) is 16.9. The van der Waals surface area contributed by atoms with Crippen LogP contribution in [0.2, 0.25) is 0 Å². The van der Waals surface area contributed by atoms with E-state index in [-0.39, 0.29) is 23.6 Å². The molecule has 1 atom stereocenters. The average molecular weight is 958 g/mol. The number of allylic oxidation sites excluding steroid dienone is 2. The van der Waals surface area contributed by atoms with Gasteiger partial charge in [-0.05, 0) is 159 Å². The summed E-state index contributed by atoms with van der Waals surface area (Å²) in [7, 11) is 0. The van der Waals surface area contributed by atoms with E-state index < -0.39 is 0 Å². The molecule has 74 heavy (non-hydrogen) atoms. The SMILES string of the molecule is Cc1cc2c3c(c1)N(c1ccc(C(C)(C)C)cc1-c1ccccc1)c1ccc(C(C)(C)C)cc1B3c1ccc(N(c3ccccc3)C3C=CC=CC3)cc1N2c1ccc(-c2ccc3oc4ccccc4c3c2)cc1. The van der Waals surface area contributed by atoms with Gasteiger partial charge in [-0.25, -0.2) is 0 Å². The van der Waals surface area contributed by atoms with E-state index in [0.717, 1.165) is 50.9 Å². The third-order valence-corrected chi connectivity index (χ3v) is 15.7. The Kier molecular flexibility index (Phi) is 10.7. The van der Waals surface area contributed by atoms with Crippen molar-refractivity contribution in [3.05, 3.63) is 235 Å². The Balaban J connectivity index is 1.06. The molecule has 0 radical (unpaired) electrons. The van der Waals surface area contributed by atoms with Gasteiger partial charge in [0.25, 0.3) is 6.71 Å². The van der Waals surface area contributed by atoms with Crippen molar-refractivity contribution < 1.29 is 4.42 Å². The lowest BCUT2D eigenvalue weighted by Crippen LogP contribution is -2.61. The highest BCUT2D eigenvalue weighted by Crippen LogP contribution is 2.49. The van der Waals surface area contributed by atoms with E-state index in [4.69, 9.17) is 4.42 Å². The highest BCUT2D eigenvalue weighted by atomic mass is 16.3. The fourth-order valence-electron chi connectivity index (χ4n) is 11.9. The van der Waals surface area contributed by atoms with Crippen LogP contribution in [0.4, 0.5) is 45.5 Å². The molecule has 0 saturated heterocycles. The summed E-state index contributed by atoms with van der Waals surface area (Å²) in [6.45, 7) is 16.2. The summed E-state index contributed by atoms with van der Waals surface area (Å²) in [5.41, 5.74) is 23.7. The van der Waals surface area contributed by atoms with E-state index in [0.29, 0.717) is 0 Å². The molecule has 1 aliphatic carbocycles. The molecule has 0 amide bonds. The number of hydrogen-bond donors (Lipinski definition) is 0. The molecule has 2 aliphatic heterocycles. The van der Waals surface area contributed by atoms with Crippen LogP contribution in [0, 0.1) is 6.92 Å². The Labute approximate surface area is 436 Å². The Bertz CT molecular complexity index is 3870. The number of rotatable bonds is 7. The van der Waals surface area contributed by atoms with E-state index >= 15 is 0 Å². The van der Waals surface area contributed by atoms with Gasteiger partial charge >= 0.3 is 0 Å². The van der Waals surface area contributed by atoms with Crippen LogP contribution in [0.15, 0.2) is 223 Å². The molecule has 3 aliphatic rings. The quantitative estimate of drug-likeness (QED) is 0.149. The normalized spacial score (nSPS) is 14.9. The zero-order chi connectivity index (χ0) is 50.5. The molecule has 0 bridgehead atoms. The summed E-state index contributed by atoms with van der Waals surface area (Å²) >= 11 is 0. The van der Waals surface area contributed by atoms with Crippen LogP contribution in [0.5, 0.6) is 0 Å². The third-order valence-electron chi connectivity index (χ3n) is 15.7. The maximum Gasteiger partial charge on any atom is 0.252 e. The van der Waals surface area contributed by atoms with Crippen LogP contribution in [0.25, 0.3) is 44.2 Å². The van der Waals surface area contributed by atoms with Crippen LogP contribution in [0.3, 0.4) is 0 Å². The van der Waals surface area contributed by atoms with E-state index in [2.05, 4.69) is 276 Å². The molecule has 360 valence electrons. The summed E-state index contributed by atoms with van der Waals surface area (Å²) in [4.78, 5) is 7.68. The van der Waals surface area contributed by atoms with Crippen molar-refractivity contribution in [3.63, 3.8) is 0 Å². The molecule has 0 fully saturated rings. The van der Waals surface area contributed by atoms with E-state index in [1.807, 2.05) is 6.07 Å². The number of hydrogen-bond acceptors (Lipinski definition) is 4. The van der Waals surface area contributed by atoms with Gasteiger partial charge in [0.15, 0.2) is 0 Å². The number of benzene rings is 9. The maximum atomic E-state index is 6.25. The molecule has 9 aromatic carbocycles. The largest absolute Gasteiger partial charge is 0.456 e. The van der Waals surface area contributed by atoms with Crippen molar-refractivity contribution in [1.29, 1.82) is 0 Å². The zero-order valence-corrected chi connectivity index (χ0v) is 43.4.